The van der Waals surface area contributed by atoms with E-state index < -0.39 is 5.91 Å². The molecule has 3 aromatic carbocycles. The van der Waals surface area contributed by atoms with E-state index >= 15 is 0 Å². The van der Waals surface area contributed by atoms with Gasteiger partial charge in [-0.15, -0.1) is 0 Å². The first-order valence-corrected chi connectivity index (χ1v) is 11.0. The van der Waals surface area contributed by atoms with Crippen molar-refractivity contribution in [3.63, 3.8) is 0 Å². The average molecular weight is 479 g/mol. The van der Waals surface area contributed by atoms with Crippen molar-refractivity contribution in [3.8, 4) is 17.6 Å². The van der Waals surface area contributed by atoms with Crippen LogP contribution in [0.15, 0.2) is 60.2 Å². The third kappa shape index (κ3) is 6.37. The number of hydrogen-bond acceptors (Lipinski definition) is 4. The summed E-state index contributed by atoms with van der Waals surface area (Å²) in [5.74, 6) is -0.250. The largest absolute Gasteiger partial charge is 0.490 e. The van der Waals surface area contributed by atoms with Crippen LogP contribution in [-0.2, 0) is 11.4 Å². The van der Waals surface area contributed by atoms with Gasteiger partial charge in [-0.25, -0.2) is 4.39 Å². The molecule has 3 rings (SSSR count). The number of anilines is 1. The molecule has 174 valence electrons. The molecule has 1 N–H and O–H groups in total. The lowest BCUT2D eigenvalue weighted by Crippen LogP contribution is -2.13. The highest BCUT2D eigenvalue weighted by atomic mass is 35.5. The Hall–Kier alpha value is -3.82. The molecule has 0 aromatic heterocycles. The summed E-state index contributed by atoms with van der Waals surface area (Å²) in [6.45, 7) is 6.17. The molecule has 5 nitrogen and oxygen atoms in total. The summed E-state index contributed by atoms with van der Waals surface area (Å²) in [5.41, 5.74) is 3.78. The van der Waals surface area contributed by atoms with Gasteiger partial charge in [-0.1, -0.05) is 29.8 Å². The molecule has 0 aliphatic carbocycles. The average Bonchev–Trinajstić information content (AvgIpc) is 2.79. The van der Waals surface area contributed by atoms with Crippen LogP contribution in [0.5, 0.6) is 11.5 Å². The summed E-state index contributed by atoms with van der Waals surface area (Å²) in [7, 11) is 0. The number of nitrogens with zero attached hydrogens (tertiary/aromatic N) is 1. The van der Waals surface area contributed by atoms with Crippen LogP contribution in [0.1, 0.15) is 29.2 Å². The van der Waals surface area contributed by atoms with Crippen LogP contribution in [-0.4, -0.2) is 12.5 Å². The molecular weight excluding hydrogens is 455 g/mol. The molecule has 3 aromatic rings. The Morgan fingerprint density at radius 2 is 1.91 bits per heavy atom. The third-order valence-electron chi connectivity index (χ3n) is 5.04. The Labute approximate surface area is 203 Å². The lowest BCUT2D eigenvalue weighted by molar-refractivity contribution is -0.112. The topological polar surface area (TPSA) is 71.3 Å². The summed E-state index contributed by atoms with van der Waals surface area (Å²) >= 11 is 6.44. The van der Waals surface area contributed by atoms with Crippen molar-refractivity contribution >= 4 is 29.3 Å². The first-order chi connectivity index (χ1) is 16.3. The van der Waals surface area contributed by atoms with E-state index in [1.807, 2.05) is 39.0 Å². The molecule has 0 spiro atoms. The van der Waals surface area contributed by atoms with Crippen molar-refractivity contribution in [1.29, 1.82) is 5.26 Å². The fourth-order valence-electron chi connectivity index (χ4n) is 3.19. The van der Waals surface area contributed by atoms with Crippen LogP contribution in [0, 0.1) is 31.0 Å². The van der Waals surface area contributed by atoms with Crippen LogP contribution in [0.4, 0.5) is 10.1 Å². The molecule has 0 aliphatic rings. The van der Waals surface area contributed by atoms with Gasteiger partial charge in [-0.2, -0.15) is 5.26 Å². The number of benzene rings is 3. The molecule has 34 heavy (non-hydrogen) atoms. The standard InChI is InChI=1S/C27H24ClFN2O3/c1-4-33-25-14-20(13-24(28)26(25)34-16-19-6-5-7-22(29)12-19)11-21(15-30)27(32)31-23-9-8-17(2)18(3)10-23/h5-14H,4,16H2,1-3H3,(H,31,32)/b21-11+. The summed E-state index contributed by atoms with van der Waals surface area (Å²) in [6, 6.07) is 16.7. The highest BCUT2D eigenvalue weighted by Gasteiger charge is 2.15. The molecule has 0 heterocycles. The third-order valence-corrected chi connectivity index (χ3v) is 5.33. The van der Waals surface area contributed by atoms with Crippen molar-refractivity contribution in [2.75, 3.05) is 11.9 Å². The zero-order chi connectivity index (χ0) is 24.7. The van der Waals surface area contributed by atoms with Crippen LogP contribution < -0.4 is 14.8 Å². The number of ether oxygens (including phenoxy) is 2. The van der Waals surface area contributed by atoms with Crippen LogP contribution in [0.25, 0.3) is 6.08 Å². The van der Waals surface area contributed by atoms with E-state index in [9.17, 15) is 14.4 Å². The minimum atomic E-state index is -0.536. The Morgan fingerprint density at radius 1 is 1.12 bits per heavy atom. The molecule has 7 heteroatoms. The van der Waals surface area contributed by atoms with E-state index in [0.29, 0.717) is 34.9 Å². The van der Waals surface area contributed by atoms with E-state index in [4.69, 9.17) is 21.1 Å². The molecule has 0 unspecified atom stereocenters. The molecule has 0 saturated carbocycles. The van der Waals surface area contributed by atoms with Gasteiger partial charge in [0.25, 0.3) is 5.91 Å². The van der Waals surface area contributed by atoms with Crippen LogP contribution in [0.3, 0.4) is 0 Å². The molecule has 0 radical (unpaired) electrons. The number of nitriles is 1. The van der Waals surface area contributed by atoms with Gasteiger partial charge >= 0.3 is 0 Å². The van der Waals surface area contributed by atoms with Gasteiger partial charge in [-0.3, -0.25) is 4.79 Å². The maximum absolute atomic E-state index is 13.4. The second-order valence-corrected chi connectivity index (χ2v) is 8.01. The van der Waals surface area contributed by atoms with Gasteiger partial charge in [0, 0.05) is 5.69 Å². The molecule has 0 bridgehead atoms. The Morgan fingerprint density at radius 3 is 2.59 bits per heavy atom. The van der Waals surface area contributed by atoms with Crippen molar-refractivity contribution in [2.45, 2.75) is 27.4 Å². The van der Waals surface area contributed by atoms with E-state index in [2.05, 4.69) is 5.32 Å². The zero-order valence-corrected chi connectivity index (χ0v) is 19.9. The van der Waals surface area contributed by atoms with Crippen molar-refractivity contribution < 1.29 is 18.7 Å². The maximum Gasteiger partial charge on any atom is 0.266 e. The normalized spacial score (nSPS) is 11.0. The van der Waals surface area contributed by atoms with Gasteiger partial charge in [0.15, 0.2) is 11.5 Å². The smallest absolute Gasteiger partial charge is 0.266 e. The zero-order valence-electron chi connectivity index (χ0n) is 19.1. The molecule has 0 atom stereocenters. The number of aryl methyl sites for hydroxylation is 2. The molecular formula is C27H24ClFN2O3. The van der Waals surface area contributed by atoms with Gasteiger partial charge in [0.1, 0.15) is 24.1 Å². The van der Waals surface area contributed by atoms with Crippen LogP contribution in [0.2, 0.25) is 5.02 Å². The molecule has 0 aliphatic heterocycles. The summed E-state index contributed by atoms with van der Waals surface area (Å²) in [6.07, 6.45) is 1.43. The number of carbonyl (C=O) groups is 1. The Kier molecular flexibility index (Phi) is 8.29. The predicted molar refractivity (Wildman–Crippen MR) is 131 cm³/mol. The monoisotopic (exact) mass is 478 g/mol. The Bertz CT molecular complexity index is 1280. The number of rotatable bonds is 8. The number of hydrogen-bond donors (Lipinski definition) is 1. The maximum atomic E-state index is 13.4. The first-order valence-electron chi connectivity index (χ1n) is 10.6. The second-order valence-electron chi connectivity index (χ2n) is 7.60. The van der Waals surface area contributed by atoms with Gasteiger partial charge in [0.05, 0.1) is 11.6 Å². The molecule has 0 fully saturated rings. The quantitative estimate of drug-likeness (QED) is 0.292. The van der Waals surface area contributed by atoms with E-state index in [1.165, 1.54) is 18.2 Å². The van der Waals surface area contributed by atoms with Crippen molar-refractivity contribution in [2.24, 2.45) is 0 Å². The summed E-state index contributed by atoms with van der Waals surface area (Å²) in [5, 5.41) is 12.5. The minimum Gasteiger partial charge on any atom is -0.490 e. The van der Waals surface area contributed by atoms with Crippen molar-refractivity contribution in [1.82, 2.24) is 0 Å². The van der Waals surface area contributed by atoms with Gasteiger partial charge in [-0.05, 0) is 85.5 Å². The second kappa shape index (κ2) is 11.4. The molecule has 0 saturated heterocycles. The lowest BCUT2D eigenvalue weighted by atomic mass is 10.1. The first kappa shape index (κ1) is 24.8. The SMILES string of the molecule is CCOc1cc(/C=C(\C#N)C(=O)Nc2ccc(C)c(C)c2)cc(Cl)c1OCc1cccc(F)c1. The fraction of sp³-hybridized carbons (Fsp3) is 0.185. The van der Waals surface area contributed by atoms with E-state index in [1.54, 1.807) is 30.3 Å². The molecule has 1 amide bonds. The van der Waals surface area contributed by atoms with Crippen LogP contribution >= 0.6 is 11.6 Å². The van der Waals surface area contributed by atoms with Gasteiger partial charge in [0.2, 0.25) is 0 Å². The predicted octanol–water partition coefficient (Wildman–Crippen LogP) is 6.62. The minimum absolute atomic E-state index is 0.0918. The van der Waals surface area contributed by atoms with Gasteiger partial charge < -0.3 is 14.8 Å². The highest BCUT2D eigenvalue weighted by Crippen LogP contribution is 2.38. The lowest BCUT2D eigenvalue weighted by Gasteiger charge is -2.15. The number of amides is 1. The summed E-state index contributed by atoms with van der Waals surface area (Å²) < 4.78 is 24.9. The fourth-order valence-corrected chi connectivity index (χ4v) is 3.46. The van der Waals surface area contributed by atoms with E-state index in [-0.39, 0.29) is 23.0 Å². The summed E-state index contributed by atoms with van der Waals surface area (Å²) in [4.78, 5) is 12.7. The number of nitrogens with one attached hydrogen (secondary N) is 1. The number of carbonyl (C=O) groups excluding carboxylic acids is 1. The number of halogens is 2. The Balaban J connectivity index is 1.85. The highest BCUT2D eigenvalue weighted by molar-refractivity contribution is 6.32. The van der Waals surface area contributed by atoms with Crippen molar-refractivity contribution in [3.05, 3.63) is 93.3 Å². The van der Waals surface area contributed by atoms with E-state index in [0.717, 1.165) is 11.1 Å².